The number of piperidine rings is 2. The minimum Gasteiger partial charge on any atom is -0.349 e. The number of nitrogens with one attached hydrogen (secondary N) is 2. The van der Waals surface area contributed by atoms with Gasteiger partial charge in [-0.3, -0.25) is 14.5 Å². The Kier molecular flexibility index (Phi) is 8.65. The van der Waals surface area contributed by atoms with Gasteiger partial charge in [-0.2, -0.15) is 0 Å². The predicted octanol–water partition coefficient (Wildman–Crippen LogP) is 4.57. The zero-order valence-electron chi connectivity index (χ0n) is 21.3. The molecule has 2 heterocycles. The Morgan fingerprint density at radius 1 is 0.917 bits per heavy atom. The van der Waals surface area contributed by atoms with E-state index in [0.29, 0.717) is 11.1 Å². The van der Waals surface area contributed by atoms with Crippen molar-refractivity contribution in [3.8, 4) is 0 Å². The highest BCUT2D eigenvalue weighted by Crippen LogP contribution is 2.28. The molecule has 0 radical (unpaired) electrons. The van der Waals surface area contributed by atoms with Crippen molar-refractivity contribution in [1.29, 1.82) is 0 Å². The normalized spacial score (nSPS) is 19.1. The first kappa shape index (κ1) is 26.6. The van der Waals surface area contributed by atoms with Crippen LogP contribution < -0.4 is 10.6 Å². The topological polar surface area (TPSA) is 64.7 Å². The molecule has 36 heavy (non-hydrogen) atoms. The molecule has 2 saturated heterocycles. The minimum atomic E-state index is -0.531. The number of rotatable bonds is 6. The summed E-state index contributed by atoms with van der Waals surface area (Å²) in [5, 5.41) is 6.20. The fraction of sp³-hybridized carbons (Fsp3) is 0.500. The number of likely N-dealkylation sites (tertiary alicyclic amines) is 2. The highest BCUT2D eigenvalue weighted by Gasteiger charge is 2.26. The number of hydrogen-bond donors (Lipinski definition) is 2. The van der Waals surface area contributed by atoms with E-state index in [9.17, 15) is 14.0 Å². The summed E-state index contributed by atoms with van der Waals surface area (Å²) < 4.78 is 13.4. The number of halogens is 2. The monoisotopic (exact) mass is 514 g/mol. The van der Waals surface area contributed by atoms with Crippen LogP contribution >= 0.6 is 11.6 Å². The van der Waals surface area contributed by atoms with Crippen molar-refractivity contribution in [2.75, 3.05) is 33.2 Å². The highest BCUT2D eigenvalue weighted by atomic mass is 35.5. The van der Waals surface area contributed by atoms with Gasteiger partial charge in [0.1, 0.15) is 5.82 Å². The first-order valence-electron chi connectivity index (χ1n) is 12.8. The largest absolute Gasteiger partial charge is 0.349 e. The number of aryl methyl sites for hydroxylation is 1. The van der Waals surface area contributed by atoms with Gasteiger partial charge in [0.05, 0.1) is 5.02 Å². The van der Waals surface area contributed by atoms with Crippen molar-refractivity contribution in [1.82, 2.24) is 20.4 Å². The summed E-state index contributed by atoms with van der Waals surface area (Å²) in [6.07, 6.45) is 3.65. The third-order valence-electron chi connectivity index (χ3n) is 7.63. The van der Waals surface area contributed by atoms with Gasteiger partial charge >= 0.3 is 0 Å². The van der Waals surface area contributed by atoms with Gasteiger partial charge in [0.2, 0.25) is 0 Å². The summed E-state index contributed by atoms with van der Waals surface area (Å²) in [6.45, 7) is 8.00. The molecule has 2 aliphatic heterocycles. The van der Waals surface area contributed by atoms with Gasteiger partial charge in [-0.05, 0) is 101 Å². The molecule has 0 spiro atoms. The van der Waals surface area contributed by atoms with Crippen LogP contribution in [0.5, 0.6) is 0 Å². The van der Waals surface area contributed by atoms with Gasteiger partial charge in [0.15, 0.2) is 0 Å². The highest BCUT2D eigenvalue weighted by molar-refractivity contribution is 6.31. The molecular formula is C28H36ClFN4O2. The maximum atomic E-state index is 13.4. The van der Waals surface area contributed by atoms with Gasteiger partial charge in [0.25, 0.3) is 11.8 Å². The second-order valence-corrected chi connectivity index (χ2v) is 10.6. The molecule has 0 saturated carbocycles. The zero-order chi connectivity index (χ0) is 25.8. The van der Waals surface area contributed by atoms with Crippen LogP contribution in [0.1, 0.15) is 70.5 Å². The number of nitrogens with zero attached hydrogens (tertiary/aromatic N) is 2. The molecule has 0 aliphatic carbocycles. The van der Waals surface area contributed by atoms with Crippen LogP contribution in [-0.4, -0.2) is 66.9 Å². The number of amides is 2. The molecule has 8 heteroatoms. The van der Waals surface area contributed by atoms with Crippen LogP contribution in [0.15, 0.2) is 36.4 Å². The minimum absolute atomic E-state index is 0.00542. The van der Waals surface area contributed by atoms with Crippen LogP contribution in [0.2, 0.25) is 5.02 Å². The second kappa shape index (κ2) is 11.7. The number of hydrogen-bond acceptors (Lipinski definition) is 4. The zero-order valence-corrected chi connectivity index (χ0v) is 22.1. The Bertz CT molecular complexity index is 1090. The molecule has 0 bridgehead atoms. The lowest BCUT2D eigenvalue weighted by Gasteiger charge is -2.37. The van der Waals surface area contributed by atoms with Crippen molar-refractivity contribution in [3.05, 3.63) is 69.5 Å². The molecule has 0 aromatic heterocycles. The third kappa shape index (κ3) is 6.44. The van der Waals surface area contributed by atoms with Gasteiger partial charge in [0, 0.05) is 42.3 Å². The van der Waals surface area contributed by atoms with Crippen LogP contribution in [0.4, 0.5) is 4.39 Å². The van der Waals surface area contributed by atoms with E-state index in [1.54, 1.807) is 0 Å². The molecule has 6 nitrogen and oxygen atoms in total. The van der Waals surface area contributed by atoms with E-state index in [-0.39, 0.29) is 35.0 Å². The molecular weight excluding hydrogens is 479 g/mol. The van der Waals surface area contributed by atoms with Crippen molar-refractivity contribution >= 4 is 23.4 Å². The van der Waals surface area contributed by atoms with Crippen LogP contribution in [-0.2, 0) is 0 Å². The smallest absolute Gasteiger partial charge is 0.251 e. The Morgan fingerprint density at radius 2 is 1.44 bits per heavy atom. The molecule has 2 aromatic rings. The molecule has 2 amide bonds. The lowest BCUT2D eigenvalue weighted by Crippen LogP contribution is -2.45. The number of benzene rings is 2. The van der Waals surface area contributed by atoms with Crippen molar-refractivity contribution in [3.63, 3.8) is 0 Å². The van der Waals surface area contributed by atoms with Gasteiger partial charge in [-0.25, -0.2) is 4.39 Å². The average Bonchev–Trinajstić information content (AvgIpc) is 2.87. The van der Waals surface area contributed by atoms with Crippen molar-refractivity contribution < 1.29 is 14.0 Å². The lowest BCUT2D eigenvalue weighted by molar-refractivity contribution is 0.0891. The van der Waals surface area contributed by atoms with E-state index in [0.717, 1.165) is 57.4 Å². The summed E-state index contributed by atoms with van der Waals surface area (Å²) >= 11 is 5.82. The maximum Gasteiger partial charge on any atom is 0.251 e. The predicted molar refractivity (Wildman–Crippen MR) is 141 cm³/mol. The first-order valence-corrected chi connectivity index (χ1v) is 13.2. The van der Waals surface area contributed by atoms with Crippen LogP contribution in [0.3, 0.4) is 0 Å². The SMILES string of the molecule is Cc1cc(C(=O)NC2CCN(C)CC2)ccc1C(C)N1CCC(NC(=O)c2ccc(F)c(Cl)c2)CC1. The Labute approximate surface area is 218 Å². The average molecular weight is 515 g/mol. The summed E-state index contributed by atoms with van der Waals surface area (Å²) in [4.78, 5) is 30.0. The molecule has 2 fully saturated rings. The summed E-state index contributed by atoms with van der Waals surface area (Å²) in [6, 6.07) is 10.6. The fourth-order valence-corrected chi connectivity index (χ4v) is 5.42. The van der Waals surface area contributed by atoms with E-state index in [1.807, 2.05) is 12.1 Å². The molecule has 2 N–H and O–H groups in total. The summed E-state index contributed by atoms with van der Waals surface area (Å²) in [5.41, 5.74) is 3.41. The molecule has 1 atom stereocenters. The molecule has 1 unspecified atom stereocenters. The summed E-state index contributed by atoms with van der Waals surface area (Å²) in [7, 11) is 2.12. The van der Waals surface area contributed by atoms with E-state index < -0.39 is 5.82 Å². The molecule has 2 aromatic carbocycles. The third-order valence-corrected chi connectivity index (χ3v) is 7.92. The van der Waals surface area contributed by atoms with Crippen molar-refractivity contribution in [2.45, 2.75) is 57.7 Å². The number of carbonyl (C=O) groups excluding carboxylic acids is 2. The fourth-order valence-electron chi connectivity index (χ4n) is 5.24. The maximum absolute atomic E-state index is 13.4. The lowest BCUT2D eigenvalue weighted by atomic mass is 9.95. The van der Waals surface area contributed by atoms with E-state index in [2.05, 4.69) is 47.4 Å². The Balaban J connectivity index is 1.29. The van der Waals surface area contributed by atoms with Gasteiger partial charge < -0.3 is 15.5 Å². The van der Waals surface area contributed by atoms with Gasteiger partial charge in [-0.15, -0.1) is 0 Å². The Hall–Kier alpha value is -2.48. The summed E-state index contributed by atoms with van der Waals surface area (Å²) in [5.74, 6) is -0.754. The van der Waals surface area contributed by atoms with Gasteiger partial charge in [-0.1, -0.05) is 17.7 Å². The second-order valence-electron chi connectivity index (χ2n) is 10.2. The first-order chi connectivity index (χ1) is 17.2. The van der Waals surface area contributed by atoms with Crippen LogP contribution in [0, 0.1) is 12.7 Å². The number of carbonyl (C=O) groups is 2. The standard InChI is InChI=1S/C28H36ClFN4O2/c1-18-16-20(27(35)31-22-8-12-33(3)13-9-22)4-6-24(18)19(2)34-14-10-23(11-15-34)32-28(36)21-5-7-26(30)25(29)17-21/h4-7,16-17,19,22-23H,8-15H2,1-3H3,(H,31,35)(H,32,36). The van der Waals surface area contributed by atoms with E-state index in [1.165, 1.54) is 23.8 Å². The van der Waals surface area contributed by atoms with E-state index in [4.69, 9.17) is 11.6 Å². The molecule has 2 aliphatic rings. The van der Waals surface area contributed by atoms with E-state index >= 15 is 0 Å². The quantitative estimate of drug-likeness (QED) is 0.593. The molecule has 194 valence electrons. The Morgan fingerprint density at radius 3 is 2.00 bits per heavy atom. The van der Waals surface area contributed by atoms with Crippen LogP contribution in [0.25, 0.3) is 0 Å². The molecule has 4 rings (SSSR count). The van der Waals surface area contributed by atoms with Crippen molar-refractivity contribution in [2.24, 2.45) is 0 Å².